The van der Waals surface area contributed by atoms with Crippen LogP contribution in [0.1, 0.15) is 6.42 Å². The summed E-state index contributed by atoms with van der Waals surface area (Å²) >= 11 is 0. The third-order valence-electron chi connectivity index (χ3n) is 1.37. The van der Waals surface area contributed by atoms with E-state index in [1.54, 1.807) is 0 Å². The van der Waals surface area contributed by atoms with Gasteiger partial charge in [-0.05, 0) is 13.5 Å². The van der Waals surface area contributed by atoms with E-state index >= 15 is 0 Å². The van der Waals surface area contributed by atoms with E-state index in [-0.39, 0.29) is 12.4 Å². The molecule has 0 fully saturated rings. The highest BCUT2D eigenvalue weighted by Crippen LogP contribution is 1.95. The van der Waals surface area contributed by atoms with E-state index in [1.165, 1.54) is 6.42 Å². The fourth-order valence-corrected chi connectivity index (χ4v) is 0.844. The molecule has 0 atom stereocenters. The normalized spacial score (nSPS) is 19.2. The van der Waals surface area contributed by atoms with Crippen molar-refractivity contribution in [3.8, 4) is 0 Å². The molecule has 1 aliphatic heterocycles. The number of nitrogens with one attached hydrogen (secondary N) is 1. The number of nitrogens with zero attached hydrogens (tertiary/aromatic N) is 1. The molecule has 0 bridgehead atoms. The van der Waals surface area contributed by atoms with E-state index in [1.807, 2.05) is 7.05 Å². The molecule has 0 radical (unpaired) electrons. The van der Waals surface area contributed by atoms with E-state index in [0.29, 0.717) is 0 Å². The highest BCUT2D eigenvalue weighted by atomic mass is 35.5. The second-order valence-electron chi connectivity index (χ2n) is 1.93. The van der Waals surface area contributed by atoms with Gasteiger partial charge in [0.25, 0.3) is 0 Å². The molecule has 9 heavy (non-hydrogen) atoms. The Morgan fingerprint density at radius 1 is 1.44 bits per heavy atom. The molecule has 0 aromatic carbocycles. The molecule has 1 aliphatic rings. The standard InChI is InChI=1S/C6H12N2.ClH/c1-7-8-5-3-2-4-6-8;/h2-3,7H,4-6H2,1H3;1H. The first-order valence-electron chi connectivity index (χ1n) is 3.01. The lowest BCUT2D eigenvalue weighted by Gasteiger charge is -2.20. The first-order valence-corrected chi connectivity index (χ1v) is 3.01. The van der Waals surface area contributed by atoms with Gasteiger partial charge in [-0.2, -0.15) is 0 Å². The predicted octanol–water partition coefficient (Wildman–Crippen LogP) is 0.804. The third-order valence-corrected chi connectivity index (χ3v) is 1.37. The monoisotopic (exact) mass is 148 g/mol. The minimum absolute atomic E-state index is 0. The first-order chi connectivity index (χ1) is 3.93. The maximum absolute atomic E-state index is 3.09. The van der Waals surface area contributed by atoms with Crippen molar-refractivity contribution < 1.29 is 0 Å². The highest BCUT2D eigenvalue weighted by Gasteiger charge is 1.99. The summed E-state index contributed by atoms with van der Waals surface area (Å²) in [7, 11) is 1.96. The number of halogens is 1. The Bertz CT molecular complexity index is 93.1. The van der Waals surface area contributed by atoms with Crippen molar-refractivity contribution in [3.05, 3.63) is 12.2 Å². The molecule has 0 unspecified atom stereocenters. The Hall–Kier alpha value is -0.0500. The number of hydrogen-bond acceptors (Lipinski definition) is 2. The van der Waals surface area contributed by atoms with E-state index in [2.05, 4.69) is 22.6 Å². The van der Waals surface area contributed by atoms with Crippen LogP contribution in [-0.4, -0.2) is 25.1 Å². The van der Waals surface area contributed by atoms with Crippen LogP contribution in [0.5, 0.6) is 0 Å². The minimum atomic E-state index is 0. The summed E-state index contributed by atoms with van der Waals surface area (Å²) in [5, 5.41) is 2.18. The first kappa shape index (κ1) is 8.95. The Kier molecular flexibility index (Phi) is 4.77. The fraction of sp³-hybridized carbons (Fsp3) is 0.667. The van der Waals surface area contributed by atoms with Crippen molar-refractivity contribution in [3.63, 3.8) is 0 Å². The van der Waals surface area contributed by atoms with E-state index in [0.717, 1.165) is 13.1 Å². The van der Waals surface area contributed by atoms with Gasteiger partial charge in [0.15, 0.2) is 0 Å². The minimum Gasteiger partial charge on any atom is -0.258 e. The Morgan fingerprint density at radius 2 is 2.22 bits per heavy atom. The van der Waals surface area contributed by atoms with Gasteiger partial charge in [-0.25, -0.2) is 5.01 Å². The summed E-state index contributed by atoms with van der Waals surface area (Å²) in [6.07, 6.45) is 5.58. The van der Waals surface area contributed by atoms with Gasteiger partial charge in [0.05, 0.1) is 0 Å². The lowest BCUT2D eigenvalue weighted by atomic mass is 10.3. The molecule has 2 nitrogen and oxygen atoms in total. The molecule has 3 heteroatoms. The van der Waals surface area contributed by atoms with Crippen molar-refractivity contribution in [1.29, 1.82) is 0 Å². The van der Waals surface area contributed by atoms with Gasteiger partial charge < -0.3 is 0 Å². The molecular weight excluding hydrogens is 136 g/mol. The van der Waals surface area contributed by atoms with Gasteiger partial charge in [0.2, 0.25) is 0 Å². The van der Waals surface area contributed by atoms with Crippen LogP contribution in [0.3, 0.4) is 0 Å². The fourth-order valence-electron chi connectivity index (χ4n) is 0.844. The summed E-state index contributed by atoms with van der Waals surface area (Å²) in [5.41, 5.74) is 3.09. The largest absolute Gasteiger partial charge is 0.258 e. The lowest BCUT2D eigenvalue weighted by Crippen LogP contribution is -2.37. The van der Waals surface area contributed by atoms with Crippen molar-refractivity contribution in [1.82, 2.24) is 10.4 Å². The maximum atomic E-state index is 3.09. The van der Waals surface area contributed by atoms with Gasteiger partial charge in [0.1, 0.15) is 0 Å². The maximum Gasteiger partial charge on any atom is 0.0311 e. The second kappa shape index (κ2) is 4.79. The molecule has 0 aliphatic carbocycles. The average Bonchev–Trinajstić information content (AvgIpc) is 1.90. The number of hydrogen-bond donors (Lipinski definition) is 1. The Morgan fingerprint density at radius 3 is 2.56 bits per heavy atom. The van der Waals surface area contributed by atoms with Crippen LogP contribution < -0.4 is 5.43 Å². The summed E-state index contributed by atoms with van der Waals surface area (Å²) in [5.74, 6) is 0. The predicted molar refractivity (Wildman–Crippen MR) is 41.6 cm³/mol. The molecule has 1 N–H and O–H groups in total. The molecule has 0 spiro atoms. The molecule has 0 aromatic heterocycles. The molecule has 0 saturated heterocycles. The SMILES string of the molecule is CNN1CC=CCC1.Cl. The van der Waals surface area contributed by atoms with Crippen LogP contribution in [0.4, 0.5) is 0 Å². The molecule has 1 heterocycles. The Balaban J connectivity index is 0.000000640. The van der Waals surface area contributed by atoms with Gasteiger partial charge in [-0.3, -0.25) is 5.43 Å². The molecular formula is C6H13ClN2. The van der Waals surface area contributed by atoms with Crippen molar-refractivity contribution in [2.45, 2.75) is 6.42 Å². The number of rotatable bonds is 1. The van der Waals surface area contributed by atoms with Crippen LogP contribution in [0.2, 0.25) is 0 Å². The summed E-state index contributed by atoms with van der Waals surface area (Å²) in [6, 6.07) is 0. The van der Waals surface area contributed by atoms with E-state index < -0.39 is 0 Å². The number of hydrazine groups is 1. The second-order valence-corrected chi connectivity index (χ2v) is 1.93. The van der Waals surface area contributed by atoms with Gasteiger partial charge in [0, 0.05) is 13.1 Å². The van der Waals surface area contributed by atoms with E-state index in [4.69, 9.17) is 0 Å². The Labute approximate surface area is 62.3 Å². The summed E-state index contributed by atoms with van der Waals surface area (Å²) < 4.78 is 0. The molecule has 0 saturated carbocycles. The van der Waals surface area contributed by atoms with Crippen LogP contribution in [0.25, 0.3) is 0 Å². The molecule has 54 valence electrons. The van der Waals surface area contributed by atoms with Crippen LogP contribution in [0, 0.1) is 0 Å². The molecule has 0 amide bonds. The zero-order chi connectivity index (χ0) is 5.82. The van der Waals surface area contributed by atoms with Crippen LogP contribution >= 0.6 is 12.4 Å². The van der Waals surface area contributed by atoms with Crippen LogP contribution in [-0.2, 0) is 0 Å². The van der Waals surface area contributed by atoms with Gasteiger partial charge in [-0.15, -0.1) is 12.4 Å². The summed E-state index contributed by atoms with van der Waals surface area (Å²) in [6.45, 7) is 2.20. The quantitative estimate of drug-likeness (QED) is 0.554. The summed E-state index contributed by atoms with van der Waals surface area (Å²) in [4.78, 5) is 0. The van der Waals surface area contributed by atoms with Crippen molar-refractivity contribution in [2.75, 3.05) is 20.1 Å². The van der Waals surface area contributed by atoms with E-state index in [9.17, 15) is 0 Å². The van der Waals surface area contributed by atoms with Gasteiger partial charge in [-0.1, -0.05) is 12.2 Å². The zero-order valence-corrected chi connectivity index (χ0v) is 6.45. The van der Waals surface area contributed by atoms with Crippen molar-refractivity contribution in [2.24, 2.45) is 0 Å². The third kappa shape index (κ3) is 2.84. The highest BCUT2D eigenvalue weighted by molar-refractivity contribution is 5.85. The topological polar surface area (TPSA) is 15.3 Å². The smallest absolute Gasteiger partial charge is 0.0311 e. The van der Waals surface area contributed by atoms with Crippen molar-refractivity contribution >= 4 is 12.4 Å². The van der Waals surface area contributed by atoms with Crippen LogP contribution in [0.15, 0.2) is 12.2 Å². The molecule has 0 aromatic rings. The molecule has 1 rings (SSSR count). The average molecular weight is 149 g/mol. The zero-order valence-electron chi connectivity index (χ0n) is 5.63. The van der Waals surface area contributed by atoms with Gasteiger partial charge >= 0.3 is 0 Å². The lowest BCUT2D eigenvalue weighted by molar-refractivity contribution is 0.228.